The molecule has 4 aliphatic heterocycles. The van der Waals surface area contributed by atoms with E-state index in [-0.39, 0.29) is 30.6 Å². The minimum atomic E-state index is -0.961. The molecule has 7 rings (SSSR count). The van der Waals surface area contributed by atoms with Gasteiger partial charge in [0, 0.05) is 76.9 Å². The molecule has 0 saturated carbocycles. The Morgan fingerprint density at radius 2 is 1.66 bits per heavy atom. The number of amides is 6. The first-order valence-corrected chi connectivity index (χ1v) is 21.2. The summed E-state index contributed by atoms with van der Waals surface area (Å²) in [6.45, 7) is 6.71. The number of likely N-dealkylation sites (tertiary alicyclic amines) is 1. The summed E-state index contributed by atoms with van der Waals surface area (Å²) in [6.07, 6.45) is 17.3. The van der Waals surface area contributed by atoms with Gasteiger partial charge in [0.25, 0.3) is 17.7 Å². The second kappa shape index (κ2) is 19.8. The lowest BCUT2D eigenvalue weighted by molar-refractivity contribution is -0.136. The number of benzene rings is 1. The average Bonchev–Trinajstić information content (AvgIpc) is 3.52. The lowest BCUT2D eigenvalue weighted by Gasteiger charge is -2.35. The highest BCUT2D eigenvalue weighted by molar-refractivity contribution is 6.24. The molecule has 310 valence electrons. The number of carbonyl (C=O) groups is 6. The molecule has 3 fully saturated rings. The fraction of sp³-hybridized carbons (Fsp3) is 0.467. The van der Waals surface area contributed by atoms with E-state index in [9.17, 15) is 28.8 Å². The Hall–Kier alpha value is -5.76. The highest BCUT2D eigenvalue weighted by Gasteiger charge is 2.45. The molecule has 4 aliphatic rings. The summed E-state index contributed by atoms with van der Waals surface area (Å²) < 4.78 is 0. The highest BCUT2D eigenvalue weighted by Crippen LogP contribution is 2.31. The Labute approximate surface area is 345 Å². The number of imide groups is 2. The van der Waals surface area contributed by atoms with Crippen molar-refractivity contribution in [2.24, 2.45) is 5.92 Å². The van der Waals surface area contributed by atoms with Crippen LogP contribution in [0.1, 0.15) is 106 Å². The first-order chi connectivity index (χ1) is 28.7. The van der Waals surface area contributed by atoms with Crippen LogP contribution in [0.4, 0.5) is 5.82 Å². The maximum atomic E-state index is 13.4. The van der Waals surface area contributed by atoms with Crippen LogP contribution < -0.4 is 15.5 Å². The Bertz CT molecular complexity index is 2020. The average molecular weight is 803 g/mol. The van der Waals surface area contributed by atoms with Crippen molar-refractivity contribution in [1.29, 1.82) is 0 Å². The smallest absolute Gasteiger partial charge is 0.262 e. The number of aromatic nitrogens is 2. The first kappa shape index (κ1) is 41.4. The van der Waals surface area contributed by atoms with E-state index in [2.05, 4.69) is 30.4 Å². The van der Waals surface area contributed by atoms with Crippen molar-refractivity contribution in [2.75, 3.05) is 57.3 Å². The number of hydrogen-bond acceptors (Lipinski definition) is 10. The quantitative estimate of drug-likeness (QED) is 0.122. The summed E-state index contributed by atoms with van der Waals surface area (Å²) in [5, 5.41) is 5.20. The number of piperidine rings is 2. The summed E-state index contributed by atoms with van der Waals surface area (Å²) in [7, 11) is 0. The number of carbonyl (C=O) groups excluding carboxylic acids is 6. The van der Waals surface area contributed by atoms with Gasteiger partial charge < -0.3 is 15.1 Å². The van der Waals surface area contributed by atoms with Crippen LogP contribution in [0.25, 0.3) is 6.08 Å². The predicted molar refractivity (Wildman–Crippen MR) is 222 cm³/mol. The summed E-state index contributed by atoms with van der Waals surface area (Å²) in [5.74, 6) is -0.476. The van der Waals surface area contributed by atoms with E-state index < -0.39 is 23.8 Å². The Morgan fingerprint density at radius 3 is 2.41 bits per heavy atom. The molecule has 1 aromatic carbocycles. The Morgan fingerprint density at radius 1 is 0.831 bits per heavy atom. The molecule has 14 heteroatoms. The summed E-state index contributed by atoms with van der Waals surface area (Å²) in [6, 6.07) is 12.0. The minimum absolute atomic E-state index is 0.0420. The van der Waals surface area contributed by atoms with E-state index in [1.165, 1.54) is 0 Å². The monoisotopic (exact) mass is 802 g/mol. The molecule has 1 atom stereocenters. The number of nitrogens with zero attached hydrogens (tertiary/aromatic N) is 6. The number of piperazine rings is 1. The molecule has 1 unspecified atom stereocenters. The number of nitrogens with one attached hydrogen (secondary N) is 2. The number of anilines is 1. The molecule has 3 saturated heterocycles. The van der Waals surface area contributed by atoms with Crippen molar-refractivity contribution >= 4 is 47.3 Å². The van der Waals surface area contributed by atoms with Gasteiger partial charge in [0.1, 0.15) is 11.9 Å². The number of unbranched alkanes of at least 4 members (excludes halogenated alkanes) is 3. The van der Waals surface area contributed by atoms with E-state index >= 15 is 0 Å². The normalized spacial score (nSPS) is 19.1. The third-order valence-corrected chi connectivity index (χ3v) is 12.0. The fourth-order valence-corrected chi connectivity index (χ4v) is 8.60. The zero-order valence-corrected chi connectivity index (χ0v) is 33.7. The van der Waals surface area contributed by atoms with Crippen molar-refractivity contribution in [3.63, 3.8) is 0 Å². The Kier molecular flexibility index (Phi) is 13.9. The molecular weight excluding hydrogens is 749 g/mol. The van der Waals surface area contributed by atoms with Crippen LogP contribution in [0.15, 0.2) is 67.1 Å². The van der Waals surface area contributed by atoms with Gasteiger partial charge in [0.2, 0.25) is 17.7 Å². The molecule has 3 aromatic rings. The van der Waals surface area contributed by atoms with Crippen molar-refractivity contribution < 1.29 is 28.8 Å². The zero-order valence-electron chi connectivity index (χ0n) is 33.7. The number of fused-ring (bicyclic) bond motifs is 1. The molecular formula is C45H54N8O6. The molecule has 0 aliphatic carbocycles. The molecule has 0 spiro atoms. The van der Waals surface area contributed by atoms with Crippen LogP contribution in [0.3, 0.4) is 0 Å². The molecule has 2 aromatic heterocycles. The second-order valence-electron chi connectivity index (χ2n) is 16.0. The van der Waals surface area contributed by atoms with Crippen LogP contribution in [0, 0.1) is 5.92 Å². The van der Waals surface area contributed by atoms with Crippen molar-refractivity contribution in [3.05, 3.63) is 94.9 Å². The second-order valence-corrected chi connectivity index (χ2v) is 16.0. The van der Waals surface area contributed by atoms with Gasteiger partial charge in [-0.15, -0.1) is 0 Å². The van der Waals surface area contributed by atoms with Gasteiger partial charge >= 0.3 is 0 Å². The van der Waals surface area contributed by atoms with Crippen LogP contribution >= 0.6 is 0 Å². The van der Waals surface area contributed by atoms with Crippen molar-refractivity contribution in [2.45, 2.75) is 76.7 Å². The van der Waals surface area contributed by atoms with Gasteiger partial charge in [-0.05, 0) is 98.9 Å². The molecule has 2 N–H and O–H groups in total. The topological polar surface area (TPSA) is 165 Å². The largest absolute Gasteiger partial charge is 0.354 e. The maximum Gasteiger partial charge on any atom is 0.262 e. The highest BCUT2D eigenvalue weighted by atomic mass is 16.2. The standard InChI is InChI=1S/C45H54N8O6/c54-39(17-13-33-9-7-21-46-30-33)47-22-4-3-8-32-19-24-52(25-20-32)43(57)35-14-16-38(48-31-35)51-28-26-50(27-29-51)23-5-1-2-10-34-11-6-12-36-41(34)45(59)53(44(36)58)37-15-18-40(55)49-42(37)56/h6-7,9,11-14,16-17,21,30-32,37H,1-5,8,10,15,18-20,22-29H2,(H,47,54)(H,49,55,56)/b17-13+. The van der Waals surface area contributed by atoms with Gasteiger partial charge in [-0.3, -0.25) is 48.9 Å². The molecule has 59 heavy (non-hydrogen) atoms. The lowest BCUT2D eigenvalue weighted by atomic mass is 9.91. The van der Waals surface area contributed by atoms with Gasteiger partial charge in [-0.2, -0.15) is 0 Å². The molecule has 6 heterocycles. The summed E-state index contributed by atoms with van der Waals surface area (Å²) in [4.78, 5) is 92.4. The number of pyridine rings is 2. The number of hydrogen-bond donors (Lipinski definition) is 2. The minimum Gasteiger partial charge on any atom is -0.354 e. The van der Waals surface area contributed by atoms with Crippen molar-refractivity contribution in [1.82, 2.24) is 35.3 Å². The van der Waals surface area contributed by atoms with E-state index in [1.54, 1.807) is 42.9 Å². The van der Waals surface area contributed by atoms with Crippen molar-refractivity contribution in [3.8, 4) is 0 Å². The van der Waals surface area contributed by atoms with Gasteiger partial charge in [-0.1, -0.05) is 37.5 Å². The van der Waals surface area contributed by atoms with E-state index in [0.717, 1.165) is 119 Å². The Balaban J connectivity index is 0.759. The molecule has 0 radical (unpaired) electrons. The molecule has 0 bridgehead atoms. The van der Waals surface area contributed by atoms with E-state index in [0.29, 0.717) is 35.6 Å². The maximum absolute atomic E-state index is 13.4. The third kappa shape index (κ3) is 10.5. The SMILES string of the molecule is O=C(/C=C/c1cccnc1)NCCCCC1CCN(C(=O)c2ccc(N3CCN(CCCCCc4cccc5c4C(=O)N(C4CCC(=O)NC4=O)C5=O)CC3)nc2)CC1. The predicted octanol–water partition coefficient (Wildman–Crippen LogP) is 4.26. The molecule has 6 amide bonds. The number of rotatable bonds is 16. The fourth-order valence-electron chi connectivity index (χ4n) is 8.60. The molecule has 14 nitrogen and oxygen atoms in total. The zero-order chi connectivity index (χ0) is 41.1. The van der Waals surface area contributed by atoms with E-state index in [4.69, 9.17) is 0 Å². The van der Waals surface area contributed by atoms with Gasteiger partial charge in [-0.25, -0.2) is 4.98 Å². The lowest BCUT2D eigenvalue weighted by Crippen LogP contribution is -2.54. The number of aryl methyl sites for hydroxylation is 1. The van der Waals surface area contributed by atoms with Crippen LogP contribution in [0.5, 0.6) is 0 Å². The summed E-state index contributed by atoms with van der Waals surface area (Å²) in [5.41, 5.74) is 3.06. The van der Waals surface area contributed by atoms with Crippen LogP contribution in [-0.4, -0.2) is 119 Å². The summed E-state index contributed by atoms with van der Waals surface area (Å²) >= 11 is 0. The van der Waals surface area contributed by atoms with Crippen LogP contribution in [0.2, 0.25) is 0 Å². The van der Waals surface area contributed by atoms with Crippen LogP contribution in [-0.2, 0) is 20.8 Å². The first-order valence-electron chi connectivity index (χ1n) is 21.2. The van der Waals surface area contributed by atoms with E-state index in [1.807, 2.05) is 35.2 Å². The van der Waals surface area contributed by atoms with Gasteiger partial charge in [0.05, 0.1) is 16.7 Å². The van der Waals surface area contributed by atoms with Gasteiger partial charge in [0.15, 0.2) is 0 Å². The third-order valence-electron chi connectivity index (χ3n) is 12.0.